The van der Waals surface area contributed by atoms with E-state index in [9.17, 15) is 13.2 Å². The number of nitrogens with zero attached hydrogens (tertiary/aromatic N) is 2. The van der Waals surface area contributed by atoms with E-state index in [2.05, 4.69) is 20.8 Å². The number of ether oxygens (including phenoxy) is 1. The van der Waals surface area contributed by atoms with Gasteiger partial charge in [-0.05, 0) is 51.3 Å². The molecule has 4 rings (SSSR count). The lowest BCUT2D eigenvalue weighted by atomic mass is 10.0. The molecular formula is C20H27N5O5S. The number of hydrogen-bond donors (Lipinski definition) is 3. The summed E-state index contributed by atoms with van der Waals surface area (Å²) in [7, 11) is -2.24. The first-order valence-electron chi connectivity index (χ1n) is 10.3. The summed E-state index contributed by atoms with van der Waals surface area (Å²) in [6.45, 7) is 4.04. The third-order valence-corrected chi connectivity index (χ3v) is 6.69. The predicted octanol–water partition coefficient (Wildman–Crippen LogP) is 2.99. The number of amides is 1. The molecule has 31 heavy (non-hydrogen) atoms. The molecule has 0 saturated heterocycles. The van der Waals surface area contributed by atoms with Crippen molar-refractivity contribution < 1.29 is 22.1 Å². The van der Waals surface area contributed by atoms with Gasteiger partial charge in [0, 0.05) is 48.6 Å². The van der Waals surface area contributed by atoms with Gasteiger partial charge in [0.25, 0.3) is 0 Å². The Bertz CT molecular complexity index is 1070. The molecule has 0 radical (unpaired) electrons. The summed E-state index contributed by atoms with van der Waals surface area (Å²) in [5.41, 5.74) is 2.55. The zero-order chi connectivity index (χ0) is 22.2. The fourth-order valence-electron chi connectivity index (χ4n) is 3.87. The molecule has 1 aromatic heterocycles. The molecule has 1 fully saturated rings. The Morgan fingerprint density at radius 2 is 2.13 bits per heavy atom. The van der Waals surface area contributed by atoms with Gasteiger partial charge < -0.3 is 19.6 Å². The number of alkyl carbamates (subject to hydrolysis) is 1. The van der Waals surface area contributed by atoms with Gasteiger partial charge in [-0.15, -0.1) is 0 Å². The molecule has 1 amide bonds. The Labute approximate surface area is 181 Å². The van der Waals surface area contributed by atoms with Crippen molar-refractivity contribution in [2.75, 3.05) is 12.4 Å². The van der Waals surface area contributed by atoms with Gasteiger partial charge in [-0.25, -0.2) is 4.79 Å². The number of carbonyl (C=O) groups is 1. The summed E-state index contributed by atoms with van der Waals surface area (Å²) in [5.74, 6) is 1.25. The van der Waals surface area contributed by atoms with Crippen LogP contribution in [0.1, 0.15) is 50.3 Å². The Kier molecular flexibility index (Phi) is 5.80. The maximum absolute atomic E-state index is 11.8. The van der Waals surface area contributed by atoms with E-state index in [0.29, 0.717) is 11.6 Å². The van der Waals surface area contributed by atoms with E-state index in [-0.39, 0.29) is 30.7 Å². The van der Waals surface area contributed by atoms with Crippen LogP contribution in [0, 0.1) is 0 Å². The highest BCUT2D eigenvalue weighted by Gasteiger charge is 2.30. The summed E-state index contributed by atoms with van der Waals surface area (Å²) < 4.78 is 35.4. The van der Waals surface area contributed by atoms with Crippen LogP contribution in [0.5, 0.6) is 5.75 Å². The van der Waals surface area contributed by atoms with Crippen LogP contribution in [0.25, 0.3) is 0 Å². The molecule has 168 valence electrons. The summed E-state index contributed by atoms with van der Waals surface area (Å²) in [5, 5.41) is 13.4. The monoisotopic (exact) mass is 449 g/mol. The largest absolute Gasteiger partial charge is 0.446 e. The number of anilines is 2. The summed E-state index contributed by atoms with van der Waals surface area (Å²) in [4.78, 5) is 11.8. The van der Waals surface area contributed by atoms with Crippen LogP contribution in [0.4, 0.5) is 16.3 Å². The van der Waals surface area contributed by atoms with E-state index in [1.165, 1.54) is 7.05 Å². The first kappa shape index (κ1) is 21.4. The lowest BCUT2D eigenvalue weighted by molar-refractivity contribution is 0.0981. The number of aromatic amines is 1. The van der Waals surface area contributed by atoms with Crippen LogP contribution < -0.4 is 14.8 Å². The quantitative estimate of drug-likeness (QED) is 0.641. The van der Waals surface area contributed by atoms with Crippen molar-refractivity contribution in [1.82, 2.24) is 19.8 Å². The molecule has 2 aliphatic rings. The smallest absolute Gasteiger partial charge is 0.407 e. The van der Waals surface area contributed by atoms with Crippen LogP contribution in [0.3, 0.4) is 0 Å². The topological polar surface area (TPSA) is 126 Å². The van der Waals surface area contributed by atoms with Crippen molar-refractivity contribution in [3.8, 4) is 5.75 Å². The minimum Gasteiger partial charge on any atom is -0.446 e. The highest BCUT2D eigenvalue weighted by molar-refractivity contribution is 7.84. The molecular weight excluding hydrogens is 422 g/mol. The summed E-state index contributed by atoms with van der Waals surface area (Å²) in [6, 6.07) is 7.23. The number of rotatable bonds is 5. The molecule has 0 spiro atoms. The summed E-state index contributed by atoms with van der Waals surface area (Å²) >= 11 is 0. The van der Waals surface area contributed by atoms with Gasteiger partial charge >= 0.3 is 16.4 Å². The lowest BCUT2D eigenvalue weighted by Gasteiger charge is -2.24. The zero-order valence-corrected chi connectivity index (χ0v) is 18.5. The van der Waals surface area contributed by atoms with Gasteiger partial charge in [0.2, 0.25) is 0 Å². The van der Waals surface area contributed by atoms with Gasteiger partial charge in [-0.1, -0.05) is 0 Å². The van der Waals surface area contributed by atoms with E-state index in [0.717, 1.165) is 40.5 Å². The second-order valence-corrected chi connectivity index (χ2v) is 9.93. The number of aromatic nitrogens is 2. The Balaban J connectivity index is 1.37. The van der Waals surface area contributed by atoms with E-state index in [1.54, 1.807) is 12.1 Å². The van der Waals surface area contributed by atoms with E-state index in [1.807, 2.05) is 26.0 Å². The molecule has 1 aliphatic carbocycles. The van der Waals surface area contributed by atoms with Crippen LogP contribution in [0.2, 0.25) is 0 Å². The third-order valence-electron chi connectivity index (χ3n) is 5.40. The van der Waals surface area contributed by atoms with Crippen molar-refractivity contribution in [1.29, 1.82) is 0 Å². The van der Waals surface area contributed by atoms with Gasteiger partial charge in [-0.2, -0.15) is 17.8 Å². The molecule has 1 saturated carbocycles. The third kappa shape index (κ3) is 4.93. The predicted molar refractivity (Wildman–Crippen MR) is 114 cm³/mol. The Hall–Kier alpha value is -2.79. The van der Waals surface area contributed by atoms with Gasteiger partial charge in [0.15, 0.2) is 5.82 Å². The lowest BCUT2D eigenvalue weighted by Crippen LogP contribution is -2.34. The van der Waals surface area contributed by atoms with Crippen molar-refractivity contribution in [2.45, 2.75) is 57.7 Å². The maximum atomic E-state index is 11.8. The number of benzene rings is 1. The molecule has 0 bridgehead atoms. The number of hydrogen-bond acceptors (Lipinski definition) is 7. The van der Waals surface area contributed by atoms with Gasteiger partial charge in [0.1, 0.15) is 11.9 Å². The fraction of sp³-hybridized carbons (Fsp3) is 0.500. The fourth-order valence-corrected chi connectivity index (χ4v) is 4.68. The first-order chi connectivity index (χ1) is 14.7. The van der Waals surface area contributed by atoms with E-state index < -0.39 is 10.3 Å². The van der Waals surface area contributed by atoms with Crippen LogP contribution in [-0.4, -0.2) is 48.2 Å². The SMILES string of the molecule is CC(C)NC(=O)OC1CC[C@H](c2cc(Nc3ccc4c(c3)CN(C)S(=O)(=O)O4)n[nH]2)C1. The molecule has 1 aromatic carbocycles. The number of H-pyrrole nitrogens is 1. The minimum atomic E-state index is -3.71. The highest BCUT2D eigenvalue weighted by Crippen LogP contribution is 2.36. The first-order valence-corrected chi connectivity index (χ1v) is 11.6. The van der Waals surface area contributed by atoms with Crippen molar-refractivity contribution >= 4 is 27.9 Å². The maximum Gasteiger partial charge on any atom is 0.407 e. The molecule has 11 heteroatoms. The molecule has 3 N–H and O–H groups in total. The molecule has 10 nitrogen and oxygen atoms in total. The normalized spacial score (nSPS) is 22.6. The van der Waals surface area contributed by atoms with Gasteiger partial charge in [-0.3, -0.25) is 5.10 Å². The van der Waals surface area contributed by atoms with Crippen molar-refractivity contribution in [2.24, 2.45) is 0 Å². The standard InChI is InChI=1S/C20H27N5O5S/c1-12(2)21-20(26)29-16-6-4-13(9-16)17-10-19(24-23-17)22-15-5-7-18-14(8-15)11-25(3)31(27,28)30-18/h5,7-8,10,12-13,16H,4,6,9,11H2,1-3H3,(H,21,26)(H2,22,23,24)/t13-,16?/m0/s1. The number of fused-ring (bicyclic) bond motifs is 1. The highest BCUT2D eigenvalue weighted by atomic mass is 32.2. The van der Waals surface area contributed by atoms with Crippen molar-refractivity contribution in [3.63, 3.8) is 0 Å². The van der Waals surface area contributed by atoms with Crippen LogP contribution in [-0.2, 0) is 21.6 Å². The molecule has 2 atom stereocenters. The van der Waals surface area contributed by atoms with Crippen LogP contribution >= 0.6 is 0 Å². The number of nitrogens with one attached hydrogen (secondary N) is 3. The number of carbonyl (C=O) groups excluding carboxylic acids is 1. The Morgan fingerprint density at radius 1 is 1.32 bits per heavy atom. The van der Waals surface area contributed by atoms with Gasteiger partial charge in [0.05, 0.1) is 0 Å². The molecule has 2 heterocycles. The van der Waals surface area contributed by atoms with Crippen LogP contribution in [0.15, 0.2) is 24.3 Å². The molecule has 1 unspecified atom stereocenters. The Morgan fingerprint density at radius 3 is 2.90 bits per heavy atom. The van der Waals surface area contributed by atoms with E-state index >= 15 is 0 Å². The zero-order valence-electron chi connectivity index (χ0n) is 17.7. The van der Waals surface area contributed by atoms with E-state index in [4.69, 9.17) is 8.92 Å². The minimum absolute atomic E-state index is 0.0471. The van der Waals surface area contributed by atoms with Crippen molar-refractivity contribution in [3.05, 3.63) is 35.5 Å². The average Bonchev–Trinajstić information content (AvgIpc) is 3.31. The molecule has 1 aliphatic heterocycles. The molecule has 2 aromatic rings. The summed E-state index contributed by atoms with van der Waals surface area (Å²) in [6.07, 6.45) is 2.02. The second-order valence-electron chi connectivity index (χ2n) is 8.29. The second kappa shape index (κ2) is 8.39. The average molecular weight is 450 g/mol.